The second kappa shape index (κ2) is 4.81. The van der Waals surface area contributed by atoms with Crippen LogP contribution < -0.4 is 11.2 Å². The summed E-state index contributed by atoms with van der Waals surface area (Å²) >= 11 is 0. The normalized spacial score (nSPS) is 10.7. The number of rotatable bonds is 2. The van der Waals surface area contributed by atoms with Gasteiger partial charge in [0.05, 0.1) is 5.56 Å². The molecule has 0 unspecified atom stereocenters. The van der Waals surface area contributed by atoms with Crippen molar-refractivity contribution in [2.24, 2.45) is 10.4 Å². The van der Waals surface area contributed by atoms with Gasteiger partial charge in [-0.25, -0.2) is 4.98 Å². The van der Waals surface area contributed by atoms with Crippen LogP contribution in [0.15, 0.2) is 43.8 Å². The molecule has 2 N–H and O–H groups in total. The summed E-state index contributed by atoms with van der Waals surface area (Å²) in [4.78, 5) is 48.8. The van der Waals surface area contributed by atoms with Gasteiger partial charge in [-0.3, -0.25) is 9.59 Å². The van der Waals surface area contributed by atoms with Crippen molar-refractivity contribution in [1.29, 1.82) is 0 Å². The molecule has 0 spiro atoms. The zero-order valence-electron chi connectivity index (χ0n) is 10.8. The first kappa shape index (κ1) is 13.5. The molecular weight excluding hydrogens is 292 g/mol. The van der Waals surface area contributed by atoms with Crippen molar-refractivity contribution in [3.05, 3.63) is 49.9 Å². The molecule has 0 radical (unpaired) electrons. The maximum Gasteiger partial charge on any atom is 0.319 e. The quantitative estimate of drug-likeness (QED) is 0.433. The number of nitrogens with two attached hydrogens (primary N) is 1. The first-order valence-electron chi connectivity index (χ1n) is 5.93. The molecule has 9 heteroatoms. The molecule has 0 saturated heterocycles. The summed E-state index contributed by atoms with van der Waals surface area (Å²) in [6.07, 6.45) is 0. The first-order valence-corrected chi connectivity index (χ1v) is 5.93. The lowest BCUT2D eigenvalue weighted by atomic mass is 10.1. The van der Waals surface area contributed by atoms with Crippen molar-refractivity contribution in [3.8, 4) is 11.5 Å². The number of benzene rings is 2. The number of aromatic nitrogens is 1. The van der Waals surface area contributed by atoms with Crippen LogP contribution in [0.4, 0.5) is 11.4 Å². The van der Waals surface area contributed by atoms with Crippen molar-refractivity contribution in [1.82, 2.24) is 4.98 Å². The Labute approximate surface area is 121 Å². The number of fused-ring (bicyclic) bond motifs is 2. The summed E-state index contributed by atoms with van der Waals surface area (Å²) in [5.74, 6) is -1.50. The Hall–Kier alpha value is -3.49. The van der Waals surface area contributed by atoms with Crippen LogP contribution in [0.2, 0.25) is 0 Å². The molecular formula is C13H6N4O5. The SMILES string of the molecule is Nc1ccc2nc3c(C(=O)N=O)cc(=O)c(N=O)c-3oc2c1. The Balaban J connectivity index is 2.53. The smallest absolute Gasteiger partial charge is 0.319 e. The standard InChI is InChI=1S/C13H6N4O5/c14-5-1-2-7-9(3-5)22-12-10(15-7)6(13(19)17-21)4-8(18)11(12)16-20/h1-4H,14H2. The molecule has 9 nitrogen and oxygen atoms in total. The van der Waals surface area contributed by atoms with Gasteiger partial charge in [0.15, 0.2) is 17.0 Å². The highest BCUT2D eigenvalue weighted by Gasteiger charge is 2.26. The van der Waals surface area contributed by atoms with Crippen molar-refractivity contribution in [2.45, 2.75) is 0 Å². The minimum atomic E-state index is -1.20. The topological polar surface area (TPSA) is 145 Å². The van der Waals surface area contributed by atoms with Crippen molar-refractivity contribution < 1.29 is 9.21 Å². The monoisotopic (exact) mass is 298 g/mol. The number of carbonyl (C=O) groups excluding carboxylic acids is 1. The molecule has 22 heavy (non-hydrogen) atoms. The third-order valence-electron chi connectivity index (χ3n) is 3.03. The van der Waals surface area contributed by atoms with Crippen LogP contribution in [0, 0.1) is 9.81 Å². The highest BCUT2D eigenvalue weighted by atomic mass is 16.3. The average molecular weight is 298 g/mol. The Morgan fingerprint density at radius 3 is 2.68 bits per heavy atom. The van der Waals surface area contributed by atoms with E-state index in [1.807, 2.05) is 0 Å². The summed E-state index contributed by atoms with van der Waals surface area (Å²) in [5, 5.41) is 4.87. The van der Waals surface area contributed by atoms with E-state index < -0.39 is 17.0 Å². The van der Waals surface area contributed by atoms with Gasteiger partial charge in [-0.05, 0) is 17.3 Å². The van der Waals surface area contributed by atoms with E-state index in [2.05, 4.69) is 15.3 Å². The number of nitrogen functional groups attached to an aromatic ring is 1. The Kier molecular flexibility index (Phi) is 2.95. The minimum absolute atomic E-state index is 0.143. The minimum Gasteiger partial charge on any atom is -0.450 e. The van der Waals surface area contributed by atoms with Crippen LogP contribution in [-0.2, 0) is 0 Å². The van der Waals surface area contributed by atoms with E-state index in [4.69, 9.17) is 10.2 Å². The number of carbonyl (C=O) groups is 1. The van der Waals surface area contributed by atoms with Gasteiger partial charge in [-0.15, -0.1) is 9.81 Å². The maximum atomic E-state index is 11.8. The molecule has 1 heterocycles. The molecule has 0 atom stereocenters. The molecule has 1 aliphatic carbocycles. The van der Waals surface area contributed by atoms with Crippen molar-refractivity contribution in [2.75, 3.05) is 5.73 Å². The van der Waals surface area contributed by atoms with Gasteiger partial charge < -0.3 is 10.2 Å². The summed E-state index contributed by atoms with van der Waals surface area (Å²) in [5.41, 5.74) is 4.59. The first-order chi connectivity index (χ1) is 10.5. The van der Waals surface area contributed by atoms with E-state index in [1.54, 1.807) is 6.07 Å². The molecule has 0 fully saturated rings. The number of nitrogens with zero attached hydrogens (tertiary/aromatic N) is 3. The summed E-state index contributed by atoms with van der Waals surface area (Å²) in [6.45, 7) is 0. The van der Waals surface area contributed by atoms with Crippen LogP contribution in [0.5, 0.6) is 0 Å². The van der Waals surface area contributed by atoms with Crippen LogP contribution >= 0.6 is 0 Å². The third kappa shape index (κ3) is 1.92. The van der Waals surface area contributed by atoms with E-state index in [0.29, 0.717) is 11.2 Å². The third-order valence-corrected chi connectivity index (χ3v) is 3.03. The number of hydrogen-bond acceptors (Lipinski definition) is 8. The van der Waals surface area contributed by atoms with E-state index in [0.717, 1.165) is 6.07 Å². The summed E-state index contributed by atoms with van der Waals surface area (Å²) in [7, 11) is 0. The zero-order valence-corrected chi connectivity index (χ0v) is 10.8. The van der Waals surface area contributed by atoms with Crippen LogP contribution in [-0.4, -0.2) is 10.9 Å². The number of amides is 1. The van der Waals surface area contributed by atoms with Gasteiger partial charge in [0.1, 0.15) is 11.2 Å². The van der Waals surface area contributed by atoms with Crippen molar-refractivity contribution >= 4 is 28.4 Å². The van der Waals surface area contributed by atoms with E-state index in [1.165, 1.54) is 12.1 Å². The van der Waals surface area contributed by atoms with E-state index in [-0.39, 0.29) is 22.6 Å². The molecule has 2 aliphatic rings. The fraction of sp³-hybridized carbons (Fsp3) is 0. The maximum absolute atomic E-state index is 11.8. The van der Waals surface area contributed by atoms with Gasteiger partial charge in [-0.2, -0.15) is 0 Å². The number of nitroso groups, excluding NO2 is 2. The van der Waals surface area contributed by atoms with Crippen LogP contribution in [0.3, 0.4) is 0 Å². The van der Waals surface area contributed by atoms with E-state index >= 15 is 0 Å². The highest BCUT2D eigenvalue weighted by Crippen LogP contribution is 2.34. The Morgan fingerprint density at radius 2 is 2.00 bits per heavy atom. The van der Waals surface area contributed by atoms with Gasteiger partial charge >= 0.3 is 5.91 Å². The summed E-state index contributed by atoms with van der Waals surface area (Å²) in [6, 6.07) is 5.30. The predicted octanol–water partition coefficient (Wildman–Crippen LogP) is 2.18. The molecule has 1 amide bonds. The van der Waals surface area contributed by atoms with Gasteiger partial charge in [0, 0.05) is 23.0 Å². The zero-order chi connectivity index (χ0) is 15.9. The fourth-order valence-electron chi connectivity index (χ4n) is 2.06. The summed E-state index contributed by atoms with van der Waals surface area (Å²) < 4.78 is 5.43. The largest absolute Gasteiger partial charge is 0.450 e. The lowest BCUT2D eigenvalue weighted by Crippen LogP contribution is -2.10. The van der Waals surface area contributed by atoms with Crippen LogP contribution in [0.25, 0.3) is 22.6 Å². The van der Waals surface area contributed by atoms with Gasteiger partial charge in [0.25, 0.3) is 0 Å². The predicted molar refractivity (Wildman–Crippen MR) is 76.9 cm³/mol. The molecule has 108 valence electrons. The molecule has 1 aliphatic heterocycles. The van der Waals surface area contributed by atoms with Gasteiger partial charge in [0.2, 0.25) is 5.43 Å². The van der Waals surface area contributed by atoms with Crippen molar-refractivity contribution in [3.63, 3.8) is 0 Å². The average Bonchev–Trinajstić information content (AvgIpc) is 2.51. The Morgan fingerprint density at radius 1 is 1.23 bits per heavy atom. The molecule has 0 saturated carbocycles. The molecule has 0 aromatic heterocycles. The number of anilines is 1. The highest BCUT2D eigenvalue weighted by molar-refractivity contribution is 6.02. The second-order valence-corrected chi connectivity index (χ2v) is 4.38. The molecule has 0 bridgehead atoms. The van der Waals surface area contributed by atoms with E-state index in [9.17, 15) is 19.4 Å². The number of hydrogen-bond donors (Lipinski definition) is 1. The fourth-order valence-corrected chi connectivity index (χ4v) is 2.06. The molecule has 3 rings (SSSR count). The molecule has 1 aromatic carbocycles. The Bertz CT molecular complexity index is 978. The lowest BCUT2D eigenvalue weighted by molar-refractivity contribution is 0.100. The lowest BCUT2D eigenvalue weighted by Gasteiger charge is -2.09. The molecule has 1 aromatic rings. The van der Waals surface area contributed by atoms with Gasteiger partial charge in [-0.1, -0.05) is 0 Å². The van der Waals surface area contributed by atoms with Crippen LogP contribution in [0.1, 0.15) is 10.4 Å². The second-order valence-electron chi connectivity index (χ2n) is 4.38.